The number of aromatic nitrogens is 1. The molecule has 126 valence electrons. The zero-order valence-electron chi connectivity index (χ0n) is 13.2. The van der Waals surface area contributed by atoms with Gasteiger partial charge in [-0.05, 0) is 37.6 Å². The SMILES string of the molecule is C[C@H](NC1=NC(O)[C@](C)(c2ccncc2)S1)c1ccc(F)cc1F. The van der Waals surface area contributed by atoms with Gasteiger partial charge in [0.2, 0.25) is 0 Å². The summed E-state index contributed by atoms with van der Waals surface area (Å²) in [5, 5.41) is 14.0. The molecule has 3 rings (SSSR count). The van der Waals surface area contributed by atoms with E-state index in [2.05, 4.69) is 15.3 Å². The molecule has 1 aromatic carbocycles. The number of aliphatic imine (C=N–C) groups is 1. The second-order valence-corrected chi connectivity index (χ2v) is 7.22. The predicted octanol–water partition coefficient (Wildman–Crippen LogP) is 3.35. The van der Waals surface area contributed by atoms with Gasteiger partial charge in [-0.1, -0.05) is 17.8 Å². The highest BCUT2D eigenvalue weighted by atomic mass is 32.2. The highest BCUT2D eigenvalue weighted by molar-refractivity contribution is 8.14. The number of aliphatic hydroxyl groups is 1. The summed E-state index contributed by atoms with van der Waals surface area (Å²) in [6.45, 7) is 3.65. The standard InChI is InChI=1S/C17H17F2N3OS/c1-10(13-4-3-12(18)9-14(13)19)21-16-22-15(23)17(2,24-16)11-5-7-20-8-6-11/h3-10,15,23H,1-2H3,(H,21,22)/t10-,15?,17-/m0/s1. The molecule has 1 aliphatic rings. The number of hydrogen-bond donors (Lipinski definition) is 2. The minimum Gasteiger partial charge on any atom is -0.370 e. The van der Waals surface area contributed by atoms with Crippen molar-refractivity contribution in [2.45, 2.75) is 30.9 Å². The number of nitrogens with zero attached hydrogens (tertiary/aromatic N) is 2. The van der Waals surface area contributed by atoms with Gasteiger partial charge in [-0.25, -0.2) is 13.8 Å². The Hall–Kier alpha value is -1.99. The van der Waals surface area contributed by atoms with Crippen molar-refractivity contribution >= 4 is 16.9 Å². The summed E-state index contributed by atoms with van der Waals surface area (Å²) >= 11 is 1.37. The molecule has 0 saturated heterocycles. The van der Waals surface area contributed by atoms with E-state index in [1.165, 1.54) is 23.9 Å². The van der Waals surface area contributed by atoms with Gasteiger partial charge in [0.05, 0.1) is 10.8 Å². The third-order valence-corrected chi connectivity index (χ3v) is 5.35. The van der Waals surface area contributed by atoms with Gasteiger partial charge in [-0.2, -0.15) is 0 Å². The summed E-state index contributed by atoms with van der Waals surface area (Å²) in [7, 11) is 0. The summed E-state index contributed by atoms with van der Waals surface area (Å²) in [5.74, 6) is -1.23. The third-order valence-electron chi connectivity index (χ3n) is 4.06. The average Bonchev–Trinajstić information content (AvgIpc) is 2.83. The monoisotopic (exact) mass is 349 g/mol. The van der Waals surface area contributed by atoms with Crippen LogP contribution in [0.15, 0.2) is 47.7 Å². The van der Waals surface area contributed by atoms with Crippen LogP contribution in [0.25, 0.3) is 0 Å². The first-order valence-corrected chi connectivity index (χ1v) is 8.28. The average molecular weight is 349 g/mol. The number of rotatable bonds is 3. The number of hydrogen-bond acceptors (Lipinski definition) is 5. The van der Waals surface area contributed by atoms with Crippen LogP contribution < -0.4 is 5.32 Å². The Kier molecular flexibility index (Phi) is 4.56. The number of benzene rings is 1. The molecule has 2 N–H and O–H groups in total. The van der Waals surface area contributed by atoms with E-state index in [1.54, 1.807) is 19.3 Å². The Bertz CT molecular complexity index is 772. The summed E-state index contributed by atoms with van der Waals surface area (Å²) in [4.78, 5) is 8.22. The zero-order valence-corrected chi connectivity index (χ0v) is 14.0. The lowest BCUT2D eigenvalue weighted by Gasteiger charge is -2.26. The Balaban J connectivity index is 1.76. The summed E-state index contributed by atoms with van der Waals surface area (Å²) in [6, 6.07) is 6.73. The molecule has 2 aromatic rings. The van der Waals surface area contributed by atoms with Gasteiger partial charge in [0.15, 0.2) is 11.4 Å². The molecule has 1 aliphatic heterocycles. The van der Waals surface area contributed by atoms with Crippen molar-refractivity contribution in [1.29, 1.82) is 0 Å². The molecule has 1 aromatic heterocycles. The van der Waals surface area contributed by atoms with Crippen LogP contribution in [0, 0.1) is 11.6 Å². The fourth-order valence-corrected chi connectivity index (χ4v) is 3.79. The summed E-state index contributed by atoms with van der Waals surface area (Å²) in [6.07, 6.45) is 2.39. The maximum atomic E-state index is 13.9. The van der Waals surface area contributed by atoms with E-state index in [0.29, 0.717) is 10.7 Å². The van der Waals surface area contributed by atoms with Crippen molar-refractivity contribution in [3.05, 3.63) is 65.5 Å². The second-order valence-electron chi connectivity index (χ2n) is 5.78. The molecule has 0 spiro atoms. The highest BCUT2D eigenvalue weighted by Crippen LogP contribution is 2.45. The molecule has 1 unspecified atom stereocenters. The van der Waals surface area contributed by atoms with Crippen LogP contribution >= 0.6 is 11.8 Å². The third kappa shape index (κ3) is 3.14. The van der Waals surface area contributed by atoms with E-state index in [-0.39, 0.29) is 0 Å². The number of amidine groups is 1. The number of aliphatic hydroxyl groups excluding tert-OH is 1. The quantitative estimate of drug-likeness (QED) is 0.892. The number of pyridine rings is 1. The molecular formula is C17H17F2N3OS. The maximum Gasteiger partial charge on any atom is 0.166 e. The Morgan fingerprint density at radius 1 is 1.25 bits per heavy atom. The molecule has 0 radical (unpaired) electrons. The van der Waals surface area contributed by atoms with Crippen molar-refractivity contribution in [3.8, 4) is 0 Å². The van der Waals surface area contributed by atoms with Gasteiger partial charge in [-0.3, -0.25) is 4.98 Å². The largest absolute Gasteiger partial charge is 0.370 e. The van der Waals surface area contributed by atoms with E-state index in [4.69, 9.17) is 0 Å². The minimum absolute atomic E-state index is 0.340. The maximum absolute atomic E-state index is 13.9. The smallest absolute Gasteiger partial charge is 0.166 e. The van der Waals surface area contributed by atoms with Crippen molar-refractivity contribution in [3.63, 3.8) is 0 Å². The molecule has 0 saturated carbocycles. The Labute approximate surface area is 143 Å². The fourth-order valence-electron chi connectivity index (χ4n) is 2.59. The van der Waals surface area contributed by atoms with E-state index in [0.717, 1.165) is 11.6 Å². The second kappa shape index (κ2) is 6.49. The molecule has 3 atom stereocenters. The highest BCUT2D eigenvalue weighted by Gasteiger charge is 2.42. The van der Waals surface area contributed by atoms with E-state index in [9.17, 15) is 13.9 Å². The van der Waals surface area contributed by atoms with Crippen LogP contribution in [0.2, 0.25) is 0 Å². The van der Waals surface area contributed by atoms with Gasteiger partial charge in [-0.15, -0.1) is 0 Å². The van der Waals surface area contributed by atoms with Crippen molar-refractivity contribution < 1.29 is 13.9 Å². The first-order valence-electron chi connectivity index (χ1n) is 7.47. The van der Waals surface area contributed by atoms with E-state index in [1.807, 2.05) is 19.1 Å². The lowest BCUT2D eigenvalue weighted by Crippen LogP contribution is -2.29. The number of nitrogens with one attached hydrogen (secondary N) is 1. The lowest BCUT2D eigenvalue weighted by atomic mass is 10.00. The van der Waals surface area contributed by atoms with Crippen LogP contribution in [-0.4, -0.2) is 21.5 Å². The number of halogens is 2. The van der Waals surface area contributed by atoms with Gasteiger partial charge in [0.1, 0.15) is 11.6 Å². The summed E-state index contributed by atoms with van der Waals surface area (Å²) in [5.41, 5.74) is 1.24. The Morgan fingerprint density at radius 3 is 2.62 bits per heavy atom. The van der Waals surface area contributed by atoms with Crippen LogP contribution in [0.1, 0.15) is 31.0 Å². The molecule has 7 heteroatoms. The molecule has 24 heavy (non-hydrogen) atoms. The topological polar surface area (TPSA) is 57.5 Å². The molecular weight excluding hydrogens is 332 g/mol. The minimum atomic E-state index is -0.933. The molecule has 0 fully saturated rings. The molecule has 0 amide bonds. The van der Waals surface area contributed by atoms with Crippen LogP contribution in [0.5, 0.6) is 0 Å². The molecule has 0 bridgehead atoms. The zero-order chi connectivity index (χ0) is 17.3. The van der Waals surface area contributed by atoms with E-state index < -0.39 is 28.7 Å². The van der Waals surface area contributed by atoms with Crippen LogP contribution in [-0.2, 0) is 4.75 Å². The fraction of sp³-hybridized carbons (Fsp3) is 0.294. The van der Waals surface area contributed by atoms with Crippen LogP contribution in [0.3, 0.4) is 0 Å². The predicted molar refractivity (Wildman–Crippen MR) is 90.5 cm³/mol. The molecule has 0 aliphatic carbocycles. The Morgan fingerprint density at radius 2 is 1.96 bits per heavy atom. The lowest BCUT2D eigenvalue weighted by molar-refractivity contribution is 0.148. The van der Waals surface area contributed by atoms with Gasteiger partial charge >= 0.3 is 0 Å². The molecule has 4 nitrogen and oxygen atoms in total. The summed E-state index contributed by atoms with van der Waals surface area (Å²) < 4.78 is 26.3. The van der Waals surface area contributed by atoms with Crippen molar-refractivity contribution in [2.75, 3.05) is 0 Å². The molecule has 2 heterocycles. The number of thioether (sulfide) groups is 1. The van der Waals surface area contributed by atoms with Crippen LogP contribution in [0.4, 0.5) is 8.78 Å². The van der Waals surface area contributed by atoms with Gasteiger partial charge in [0, 0.05) is 24.0 Å². The first-order chi connectivity index (χ1) is 11.4. The van der Waals surface area contributed by atoms with E-state index >= 15 is 0 Å². The van der Waals surface area contributed by atoms with Crippen molar-refractivity contribution in [1.82, 2.24) is 10.3 Å². The normalized spacial score (nSPS) is 24.5. The van der Waals surface area contributed by atoms with Gasteiger partial charge in [0.25, 0.3) is 0 Å². The first kappa shape index (κ1) is 16.9. The van der Waals surface area contributed by atoms with Gasteiger partial charge < -0.3 is 10.4 Å². The van der Waals surface area contributed by atoms with Crippen molar-refractivity contribution in [2.24, 2.45) is 4.99 Å².